The fraction of sp³-hybridized carbons (Fsp3) is 0.679. The summed E-state index contributed by atoms with van der Waals surface area (Å²) >= 11 is 0. The molecule has 3 fully saturated rings. The van der Waals surface area contributed by atoms with Gasteiger partial charge in [0.05, 0.1) is 0 Å². The fourth-order valence-corrected chi connectivity index (χ4v) is 8.07. The molecule has 0 N–H and O–H groups in total. The predicted octanol–water partition coefficient (Wildman–Crippen LogP) is 6.51. The van der Waals surface area contributed by atoms with Crippen LogP contribution in [0, 0.1) is 28.6 Å². The summed E-state index contributed by atoms with van der Waals surface area (Å²) in [5.41, 5.74) is 5.49. The van der Waals surface area contributed by atoms with Crippen LogP contribution in [0.1, 0.15) is 72.1 Å². The Morgan fingerprint density at radius 1 is 1.03 bits per heavy atom. The molecule has 4 aliphatic carbocycles. The Morgan fingerprint density at radius 2 is 1.73 bits per heavy atom. The number of hydrogen-bond acceptors (Lipinski definition) is 2. The van der Waals surface area contributed by atoms with Gasteiger partial charge in [0.15, 0.2) is 5.78 Å². The quantitative estimate of drug-likeness (QED) is 0.468. The van der Waals surface area contributed by atoms with Crippen molar-refractivity contribution in [2.24, 2.45) is 28.6 Å². The number of fused-ring (bicyclic) bond motifs is 5. The van der Waals surface area contributed by atoms with Crippen molar-refractivity contribution in [1.29, 1.82) is 0 Å². The number of nitrogens with zero attached hydrogens (tertiary/aromatic N) is 1. The van der Waals surface area contributed by atoms with Crippen molar-refractivity contribution in [3.63, 3.8) is 0 Å². The highest BCUT2D eigenvalue weighted by Crippen LogP contribution is 2.66. The topological polar surface area (TPSA) is 20.3 Å². The third-order valence-electron chi connectivity index (χ3n) is 9.50. The van der Waals surface area contributed by atoms with E-state index in [4.69, 9.17) is 0 Å². The maximum atomic E-state index is 12.1. The number of ketones is 1. The van der Waals surface area contributed by atoms with Crippen LogP contribution in [0.5, 0.6) is 0 Å². The average Bonchev–Trinajstić information content (AvgIpc) is 3.06. The van der Waals surface area contributed by atoms with Crippen molar-refractivity contribution in [2.45, 2.75) is 72.1 Å². The van der Waals surface area contributed by atoms with Gasteiger partial charge in [0, 0.05) is 26.1 Å². The first-order valence-electron chi connectivity index (χ1n) is 12.2. The molecule has 4 rings (SSSR count). The van der Waals surface area contributed by atoms with Gasteiger partial charge in [0.1, 0.15) is 0 Å². The van der Waals surface area contributed by atoms with Crippen molar-refractivity contribution in [3.8, 4) is 0 Å². The number of carbonyl (C=O) groups is 1. The van der Waals surface area contributed by atoms with Gasteiger partial charge in [-0.25, -0.2) is 0 Å². The molecule has 0 bridgehead atoms. The molecule has 0 aliphatic heterocycles. The fourth-order valence-electron chi connectivity index (χ4n) is 8.07. The maximum absolute atomic E-state index is 12.1. The molecule has 2 nitrogen and oxygen atoms in total. The first-order chi connectivity index (χ1) is 14.3. The highest BCUT2D eigenvalue weighted by atomic mass is 16.1. The second-order valence-corrected chi connectivity index (χ2v) is 11.0. The van der Waals surface area contributed by atoms with Crippen LogP contribution >= 0.6 is 0 Å². The summed E-state index contributed by atoms with van der Waals surface area (Å²) in [7, 11) is 0. The molecule has 0 amide bonds. The lowest BCUT2D eigenvalue weighted by molar-refractivity contribution is -0.117. The second-order valence-electron chi connectivity index (χ2n) is 11.0. The summed E-state index contributed by atoms with van der Waals surface area (Å²) in [6, 6.07) is 0. The van der Waals surface area contributed by atoms with Crippen molar-refractivity contribution < 1.29 is 4.79 Å². The van der Waals surface area contributed by atoms with Gasteiger partial charge in [-0.2, -0.15) is 0 Å². The van der Waals surface area contributed by atoms with E-state index >= 15 is 0 Å². The van der Waals surface area contributed by atoms with Crippen molar-refractivity contribution in [1.82, 2.24) is 4.90 Å². The average molecular weight is 408 g/mol. The lowest BCUT2D eigenvalue weighted by Crippen LogP contribution is -2.49. The molecule has 4 aliphatic rings. The normalized spacial score (nSPS) is 39.7. The Bertz CT molecular complexity index is 778. The molecule has 0 unspecified atom stereocenters. The van der Waals surface area contributed by atoms with Crippen LogP contribution in [0.4, 0.5) is 0 Å². The Morgan fingerprint density at radius 3 is 2.43 bits per heavy atom. The van der Waals surface area contributed by atoms with Crippen molar-refractivity contribution in [2.75, 3.05) is 19.6 Å². The van der Waals surface area contributed by atoms with Gasteiger partial charge >= 0.3 is 0 Å². The minimum absolute atomic E-state index is 0.282. The van der Waals surface area contributed by atoms with Crippen LogP contribution in [-0.2, 0) is 4.79 Å². The Balaban J connectivity index is 1.58. The number of allylic oxidation sites excluding steroid dienone is 2. The molecule has 3 saturated carbocycles. The smallest absolute Gasteiger partial charge is 0.155 e. The van der Waals surface area contributed by atoms with Crippen molar-refractivity contribution >= 4 is 5.78 Å². The van der Waals surface area contributed by atoms with Crippen LogP contribution in [0.25, 0.3) is 0 Å². The summed E-state index contributed by atoms with van der Waals surface area (Å²) in [6.45, 7) is 18.2. The Labute approximate surface area is 184 Å². The molecular weight excluding hydrogens is 366 g/mol. The molecule has 0 heterocycles. The zero-order valence-electron chi connectivity index (χ0n) is 19.5. The SMILES string of the molecule is C=CCN(CC=C)C/C(C)=C1\CC[C@H]2[C@@H]3CCC4=CC(=O)CC[C@]4(C)[C@H]3CC[C@]12C. The Kier molecular flexibility index (Phi) is 6.01. The van der Waals surface area contributed by atoms with E-state index in [9.17, 15) is 4.79 Å². The van der Waals surface area contributed by atoms with E-state index in [1.165, 1.54) is 37.7 Å². The second kappa shape index (κ2) is 8.26. The van der Waals surface area contributed by atoms with Gasteiger partial charge in [0.25, 0.3) is 0 Å². The summed E-state index contributed by atoms with van der Waals surface area (Å²) < 4.78 is 0. The molecule has 0 saturated heterocycles. The molecule has 0 aromatic carbocycles. The number of carbonyl (C=O) groups excluding carboxylic acids is 1. The first kappa shape index (κ1) is 21.8. The zero-order valence-corrected chi connectivity index (χ0v) is 19.5. The van der Waals surface area contributed by atoms with E-state index in [-0.39, 0.29) is 5.41 Å². The maximum Gasteiger partial charge on any atom is 0.155 e. The highest BCUT2D eigenvalue weighted by Gasteiger charge is 2.57. The number of rotatable bonds is 6. The van der Waals surface area contributed by atoms with Crippen LogP contribution in [0.15, 0.2) is 48.1 Å². The molecule has 0 aromatic rings. The molecule has 5 atom stereocenters. The van der Waals surface area contributed by atoms with E-state index < -0.39 is 0 Å². The molecule has 0 radical (unpaired) electrons. The van der Waals surface area contributed by atoms with Gasteiger partial charge in [-0.1, -0.05) is 42.7 Å². The summed E-state index contributed by atoms with van der Waals surface area (Å²) in [5, 5.41) is 0. The highest BCUT2D eigenvalue weighted by molar-refractivity contribution is 5.91. The summed E-state index contributed by atoms with van der Waals surface area (Å²) in [4.78, 5) is 14.5. The standard InChI is InChI=1S/C28H41NO/c1-6-16-29(17-7-2)19-20(3)24-10-11-25-23-9-8-21-18-22(30)12-14-27(21,4)26(23)13-15-28(24,25)5/h6-7,18,23,25-26H,1-2,8-17,19H2,3-5H3/b24-20+/t23-,25-,26-,27-,28+/m0/s1. The molecular formula is C28H41NO. The van der Waals surface area contributed by atoms with Gasteiger partial charge < -0.3 is 0 Å². The van der Waals surface area contributed by atoms with E-state index in [0.29, 0.717) is 11.2 Å². The third kappa shape index (κ3) is 3.49. The predicted molar refractivity (Wildman–Crippen MR) is 126 cm³/mol. The van der Waals surface area contributed by atoms with E-state index in [1.807, 2.05) is 18.2 Å². The summed E-state index contributed by atoms with van der Waals surface area (Å²) in [5.74, 6) is 2.81. The van der Waals surface area contributed by atoms with Crippen LogP contribution in [-0.4, -0.2) is 30.3 Å². The minimum Gasteiger partial charge on any atom is -0.295 e. The first-order valence-corrected chi connectivity index (χ1v) is 12.2. The molecule has 0 aromatic heterocycles. The van der Waals surface area contributed by atoms with Crippen molar-refractivity contribution in [3.05, 3.63) is 48.1 Å². The van der Waals surface area contributed by atoms with Gasteiger partial charge in [-0.05, 0) is 86.5 Å². The van der Waals surface area contributed by atoms with Gasteiger partial charge in [0.2, 0.25) is 0 Å². The van der Waals surface area contributed by atoms with Gasteiger partial charge in [-0.3, -0.25) is 9.69 Å². The lowest BCUT2D eigenvalue weighted by atomic mass is 9.47. The van der Waals surface area contributed by atoms with Crippen LogP contribution in [0.3, 0.4) is 0 Å². The van der Waals surface area contributed by atoms with E-state index in [2.05, 4.69) is 38.8 Å². The zero-order chi connectivity index (χ0) is 21.5. The van der Waals surface area contributed by atoms with E-state index in [0.717, 1.165) is 56.7 Å². The monoisotopic (exact) mass is 407 g/mol. The molecule has 2 heteroatoms. The molecule has 164 valence electrons. The number of hydrogen-bond donors (Lipinski definition) is 0. The lowest BCUT2D eigenvalue weighted by Gasteiger charge is -2.57. The Hall–Kier alpha value is -1.41. The third-order valence-corrected chi connectivity index (χ3v) is 9.50. The van der Waals surface area contributed by atoms with E-state index in [1.54, 1.807) is 11.1 Å². The summed E-state index contributed by atoms with van der Waals surface area (Å²) in [6.07, 6.45) is 15.6. The largest absolute Gasteiger partial charge is 0.295 e. The minimum atomic E-state index is 0.282. The van der Waals surface area contributed by atoms with Crippen LogP contribution in [0.2, 0.25) is 0 Å². The van der Waals surface area contributed by atoms with Crippen LogP contribution < -0.4 is 0 Å². The molecule has 30 heavy (non-hydrogen) atoms. The van der Waals surface area contributed by atoms with Gasteiger partial charge in [-0.15, -0.1) is 13.2 Å². The molecule has 0 spiro atoms.